The van der Waals surface area contributed by atoms with E-state index in [9.17, 15) is 4.79 Å². The fourth-order valence-electron chi connectivity index (χ4n) is 4.63. The average molecular weight is 270 g/mol. The molecule has 3 aliphatic rings. The third kappa shape index (κ3) is 1.75. The number of benzene rings is 1. The van der Waals surface area contributed by atoms with E-state index in [1.807, 2.05) is 17.0 Å². The Morgan fingerprint density at radius 1 is 1.25 bits per heavy atom. The molecule has 0 saturated heterocycles. The second-order valence-electron chi connectivity index (χ2n) is 6.72. The van der Waals surface area contributed by atoms with Crippen LogP contribution < -0.4 is 10.6 Å². The van der Waals surface area contributed by atoms with Crippen molar-refractivity contribution in [1.82, 2.24) is 0 Å². The number of nitrogen functional groups attached to an aromatic ring is 1. The molecule has 0 radical (unpaired) electrons. The Balaban J connectivity index is 1.64. The summed E-state index contributed by atoms with van der Waals surface area (Å²) in [5, 5.41) is 0. The molecule has 0 aromatic heterocycles. The van der Waals surface area contributed by atoms with Gasteiger partial charge in [0, 0.05) is 23.8 Å². The molecule has 4 rings (SSSR count). The van der Waals surface area contributed by atoms with Crippen molar-refractivity contribution in [2.75, 3.05) is 17.2 Å². The molecule has 20 heavy (non-hydrogen) atoms. The number of anilines is 2. The van der Waals surface area contributed by atoms with E-state index in [4.69, 9.17) is 5.73 Å². The molecular weight excluding hydrogens is 248 g/mol. The molecule has 2 aliphatic carbocycles. The van der Waals surface area contributed by atoms with E-state index in [1.54, 1.807) is 0 Å². The number of hydrogen-bond donors (Lipinski definition) is 1. The summed E-state index contributed by atoms with van der Waals surface area (Å²) in [6.07, 6.45) is 7.05. The molecule has 2 fully saturated rings. The van der Waals surface area contributed by atoms with Gasteiger partial charge in [-0.2, -0.15) is 0 Å². The summed E-state index contributed by atoms with van der Waals surface area (Å²) in [5.41, 5.74) is 9.17. The minimum Gasteiger partial charge on any atom is -0.398 e. The van der Waals surface area contributed by atoms with Crippen LogP contribution in [0.5, 0.6) is 0 Å². The smallest absolute Gasteiger partial charge is 0.230 e. The lowest BCUT2D eigenvalue weighted by Crippen LogP contribution is -2.41. The first kappa shape index (κ1) is 12.2. The summed E-state index contributed by atoms with van der Waals surface area (Å²) < 4.78 is 0. The lowest BCUT2D eigenvalue weighted by molar-refractivity contribution is -0.124. The highest BCUT2D eigenvalue weighted by molar-refractivity contribution is 5.97. The van der Waals surface area contributed by atoms with Crippen LogP contribution in [0.2, 0.25) is 0 Å². The molecule has 3 nitrogen and oxygen atoms in total. The lowest BCUT2D eigenvalue weighted by Gasteiger charge is -2.34. The maximum absolute atomic E-state index is 12.9. The van der Waals surface area contributed by atoms with Gasteiger partial charge in [0.2, 0.25) is 5.91 Å². The minimum absolute atomic E-state index is 0.279. The molecule has 3 atom stereocenters. The highest BCUT2D eigenvalue weighted by atomic mass is 16.2. The Labute approximate surface area is 120 Å². The number of fused-ring (bicyclic) bond motifs is 3. The molecule has 106 valence electrons. The van der Waals surface area contributed by atoms with Crippen LogP contribution in [-0.2, 0) is 11.2 Å². The number of nitrogens with two attached hydrogens (primary N) is 1. The molecule has 2 bridgehead atoms. The molecule has 1 aliphatic heterocycles. The van der Waals surface area contributed by atoms with Gasteiger partial charge < -0.3 is 10.6 Å². The Hall–Kier alpha value is -1.51. The number of carbonyl (C=O) groups excluding carboxylic acids is 1. The van der Waals surface area contributed by atoms with E-state index in [-0.39, 0.29) is 5.92 Å². The number of hydrogen-bond acceptors (Lipinski definition) is 2. The van der Waals surface area contributed by atoms with Gasteiger partial charge in [0.15, 0.2) is 0 Å². The largest absolute Gasteiger partial charge is 0.398 e. The zero-order chi connectivity index (χ0) is 13.7. The van der Waals surface area contributed by atoms with Crippen molar-refractivity contribution in [2.45, 2.75) is 38.5 Å². The van der Waals surface area contributed by atoms with Gasteiger partial charge in [0.1, 0.15) is 0 Å². The summed E-state index contributed by atoms with van der Waals surface area (Å²) in [5.74, 6) is 2.11. The van der Waals surface area contributed by atoms with Crippen molar-refractivity contribution < 1.29 is 4.79 Å². The summed E-state index contributed by atoms with van der Waals surface area (Å²) in [7, 11) is 0. The van der Waals surface area contributed by atoms with Crippen molar-refractivity contribution in [1.29, 1.82) is 0 Å². The van der Waals surface area contributed by atoms with Gasteiger partial charge in [-0.25, -0.2) is 0 Å². The lowest BCUT2D eigenvalue weighted by atomic mass is 9.87. The van der Waals surface area contributed by atoms with Crippen molar-refractivity contribution in [3.8, 4) is 0 Å². The van der Waals surface area contributed by atoms with E-state index in [0.717, 1.165) is 43.1 Å². The Morgan fingerprint density at radius 3 is 2.90 bits per heavy atom. The van der Waals surface area contributed by atoms with Crippen LogP contribution in [0.15, 0.2) is 18.2 Å². The highest BCUT2D eigenvalue weighted by Crippen LogP contribution is 2.49. The molecule has 1 aromatic carbocycles. The average Bonchev–Trinajstić information content (AvgIpc) is 3.09. The Kier molecular flexibility index (Phi) is 2.76. The van der Waals surface area contributed by atoms with E-state index >= 15 is 0 Å². The highest BCUT2D eigenvalue weighted by Gasteiger charge is 2.45. The first-order valence-electron chi connectivity index (χ1n) is 7.93. The van der Waals surface area contributed by atoms with Gasteiger partial charge in [-0.15, -0.1) is 0 Å². The number of nitrogens with zero attached hydrogens (tertiary/aromatic N) is 1. The quantitative estimate of drug-likeness (QED) is 0.797. The molecule has 1 amide bonds. The molecule has 1 aromatic rings. The van der Waals surface area contributed by atoms with E-state index in [2.05, 4.69) is 6.07 Å². The zero-order valence-electron chi connectivity index (χ0n) is 11.8. The maximum Gasteiger partial charge on any atom is 0.230 e. The SMILES string of the molecule is Nc1cccc2c1CCCN2C(=O)C1CC2CCC1C2. The molecular formula is C17H22N2O. The van der Waals surface area contributed by atoms with E-state index in [0.29, 0.717) is 11.8 Å². The molecule has 2 N–H and O–H groups in total. The molecule has 3 unspecified atom stereocenters. The van der Waals surface area contributed by atoms with Gasteiger partial charge in [-0.05, 0) is 61.6 Å². The summed E-state index contributed by atoms with van der Waals surface area (Å²) >= 11 is 0. The molecule has 3 heteroatoms. The van der Waals surface area contributed by atoms with Crippen LogP contribution in [0.3, 0.4) is 0 Å². The van der Waals surface area contributed by atoms with Gasteiger partial charge >= 0.3 is 0 Å². The third-order valence-electron chi connectivity index (χ3n) is 5.61. The third-order valence-corrected chi connectivity index (χ3v) is 5.61. The molecule has 1 heterocycles. The fraction of sp³-hybridized carbons (Fsp3) is 0.588. The predicted octanol–water partition coefficient (Wildman–Crippen LogP) is 2.98. The van der Waals surface area contributed by atoms with Crippen molar-refractivity contribution in [3.63, 3.8) is 0 Å². The number of amides is 1. The monoisotopic (exact) mass is 270 g/mol. The Morgan fingerprint density at radius 2 is 2.15 bits per heavy atom. The van der Waals surface area contributed by atoms with Crippen LogP contribution in [-0.4, -0.2) is 12.5 Å². The van der Waals surface area contributed by atoms with Gasteiger partial charge in [-0.1, -0.05) is 12.5 Å². The van der Waals surface area contributed by atoms with Gasteiger partial charge in [-0.3, -0.25) is 4.79 Å². The minimum atomic E-state index is 0.279. The molecule has 2 saturated carbocycles. The first-order valence-corrected chi connectivity index (χ1v) is 7.93. The molecule has 0 spiro atoms. The van der Waals surface area contributed by atoms with E-state index < -0.39 is 0 Å². The summed E-state index contributed by atoms with van der Waals surface area (Å²) in [6.45, 7) is 0.864. The van der Waals surface area contributed by atoms with Crippen LogP contribution in [0.1, 0.15) is 37.7 Å². The predicted molar refractivity (Wildman–Crippen MR) is 80.5 cm³/mol. The van der Waals surface area contributed by atoms with Crippen molar-refractivity contribution >= 4 is 17.3 Å². The Bertz CT molecular complexity index is 554. The van der Waals surface area contributed by atoms with Gasteiger partial charge in [0.05, 0.1) is 0 Å². The second kappa shape index (κ2) is 4.51. The van der Waals surface area contributed by atoms with Crippen molar-refractivity contribution in [2.24, 2.45) is 17.8 Å². The van der Waals surface area contributed by atoms with Crippen LogP contribution in [0.4, 0.5) is 11.4 Å². The van der Waals surface area contributed by atoms with Crippen LogP contribution in [0, 0.1) is 17.8 Å². The standard InChI is InChI=1S/C17H22N2O/c18-15-4-1-5-16-13(15)3-2-8-19(16)17(20)14-10-11-6-7-12(14)9-11/h1,4-5,11-12,14H,2-3,6-10,18H2. The normalized spacial score (nSPS) is 31.4. The fourth-order valence-corrected chi connectivity index (χ4v) is 4.63. The first-order chi connectivity index (χ1) is 9.74. The van der Waals surface area contributed by atoms with E-state index in [1.165, 1.54) is 24.8 Å². The number of rotatable bonds is 1. The topological polar surface area (TPSA) is 46.3 Å². The zero-order valence-corrected chi connectivity index (χ0v) is 11.8. The van der Waals surface area contributed by atoms with Crippen LogP contribution in [0.25, 0.3) is 0 Å². The maximum atomic E-state index is 12.9. The summed E-state index contributed by atoms with van der Waals surface area (Å²) in [4.78, 5) is 15.0. The van der Waals surface area contributed by atoms with Crippen LogP contribution >= 0.6 is 0 Å². The second-order valence-corrected chi connectivity index (χ2v) is 6.72. The number of carbonyl (C=O) groups is 1. The summed E-state index contributed by atoms with van der Waals surface area (Å²) in [6, 6.07) is 5.99. The van der Waals surface area contributed by atoms with Crippen molar-refractivity contribution in [3.05, 3.63) is 23.8 Å². The van der Waals surface area contributed by atoms with Gasteiger partial charge in [0.25, 0.3) is 0 Å².